The van der Waals surface area contributed by atoms with Crippen molar-refractivity contribution in [1.82, 2.24) is 9.55 Å². The molecule has 0 amide bonds. The Bertz CT molecular complexity index is 2060. The van der Waals surface area contributed by atoms with Crippen molar-refractivity contribution >= 4 is 33.3 Å². The van der Waals surface area contributed by atoms with Crippen LogP contribution in [0.5, 0.6) is 5.75 Å². The average molecular weight is 603 g/mol. The molecule has 0 saturated carbocycles. The second kappa shape index (κ2) is 11.6. The van der Waals surface area contributed by atoms with Gasteiger partial charge in [-0.1, -0.05) is 24.3 Å². The van der Waals surface area contributed by atoms with Crippen molar-refractivity contribution in [1.29, 1.82) is 0 Å². The third kappa shape index (κ3) is 5.64. The van der Waals surface area contributed by atoms with Crippen LogP contribution in [0.1, 0.15) is 68.5 Å². The van der Waals surface area contributed by atoms with Gasteiger partial charge in [-0.3, -0.25) is 9.78 Å². The molecule has 0 fully saturated rings. The fourth-order valence-electron chi connectivity index (χ4n) is 6.33. The van der Waals surface area contributed by atoms with Crippen LogP contribution in [0.2, 0.25) is 0 Å². The molecule has 3 heterocycles. The number of hydrogen-bond acceptors (Lipinski definition) is 5. The second-order valence-electron chi connectivity index (χ2n) is 12.7. The number of aliphatic carboxylic acids is 1. The molecule has 5 aromatic rings. The van der Waals surface area contributed by atoms with Crippen LogP contribution in [0.3, 0.4) is 0 Å². The number of pyridine rings is 2. The Kier molecular flexibility index (Phi) is 7.83. The zero-order chi connectivity index (χ0) is 32.0. The molecule has 0 aliphatic carbocycles. The number of carboxylic acids is 1. The fraction of sp³-hybridized carbons (Fsp3) is 0.289. The molecule has 230 valence electrons. The molecular formula is C38H38N2O5. The van der Waals surface area contributed by atoms with E-state index in [1.165, 1.54) is 0 Å². The lowest BCUT2D eigenvalue weighted by atomic mass is 9.86. The first kappa shape index (κ1) is 30.3. The van der Waals surface area contributed by atoms with E-state index in [1.54, 1.807) is 22.9 Å². The quantitative estimate of drug-likeness (QED) is 0.204. The molecule has 0 saturated heterocycles. The summed E-state index contributed by atoms with van der Waals surface area (Å²) in [5.74, 6) is -0.326. The predicted octanol–water partition coefficient (Wildman–Crippen LogP) is 7.87. The highest BCUT2D eigenvalue weighted by Crippen LogP contribution is 2.45. The standard InChI is InChI=1S/C38H38N2O5/c1-7-22(2)26-10-8-9-24(20-26)21-40-29-19-23(3)32(36(37(42)43)45-38(4,5)6)34(27(29)12-14-31(40)41)28-11-13-30-33-25(16-18-44-30)15-17-39-35(28)33/h7-15,17,19-20,36H,16,18,21H2,1-6H3,(H,42,43)/b22-7-/t36-/m0/s1. The van der Waals surface area contributed by atoms with Crippen LogP contribution < -0.4 is 10.3 Å². The minimum absolute atomic E-state index is 0.141. The van der Waals surface area contributed by atoms with Gasteiger partial charge in [0.05, 0.1) is 29.8 Å². The van der Waals surface area contributed by atoms with Crippen molar-refractivity contribution in [3.63, 3.8) is 0 Å². The van der Waals surface area contributed by atoms with Gasteiger partial charge < -0.3 is 19.1 Å². The van der Waals surface area contributed by atoms with Gasteiger partial charge in [-0.15, -0.1) is 0 Å². The largest absolute Gasteiger partial charge is 0.493 e. The van der Waals surface area contributed by atoms with E-state index in [1.807, 2.05) is 71.0 Å². The second-order valence-corrected chi connectivity index (χ2v) is 12.7. The monoisotopic (exact) mass is 602 g/mol. The topological polar surface area (TPSA) is 90.7 Å². The van der Waals surface area contributed by atoms with E-state index in [2.05, 4.69) is 25.1 Å². The molecule has 7 heteroatoms. The van der Waals surface area contributed by atoms with Crippen molar-refractivity contribution in [3.8, 4) is 16.9 Å². The zero-order valence-electron chi connectivity index (χ0n) is 26.6. The van der Waals surface area contributed by atoms with E-state index in [9.17, 15) is 14.7 Å². The van der Waals surface area contributed by atoms with Crippen LogP contribution in [-0.2, 0) is 22.5 Å². The fourth-order valence-corrected chi connectivity index (χ4v) is 6.33. The highest BCUT2D eigenvalue weighted by atomic mass is 16.5. The van der Waals surface area contributed by atoms with Crippen molar-refractivity contribution in [2.45, 2.75) is 66.2 Å². The zero-order valence-corrected chi connectivity index (χ0v) is 26.6. The average Bonchev–Trinajstić information content (AvgIpc) is 3.01. The first-order valence-corrected chi connectivity index (χ1v) is 15.3. The number of hydrogen-bond donors (Lipinski definition) is 1. The Balaban J connectivity index is 1.69. The number of rotatable bonds is 7. The molecular weight excluding hydrogens is 564 g/mol. The van der Waals surface area contributed by atoms with Crippen LogP contribution in [0, 0.1) is 6.92 Å². The number of benzene rings is 3. The van der Waals surface area contributed by atoms with E-state index in [0.717, 1.165) is 56.3 Å². The lowest BCUT2D eigenvalue weighted by Crippen LogP contribution is -2.28. The highest BCUT2D eigenvalue weighted by Gasteiger charge is 2.33. The molecule has 7 nitrogen and oxygen atoms in total. The maximum atomic E-state index is 13.5. The summed E-state index contributed by atoms with van der Waals surface area (Å²) in [4.78, 5) is 31.3. The summed E-state index contributed by atoms with van der Waals surface area (Å²) in [6.45, 7) is 12.5. The summed E-state index contributed by atoms with van der Waals surface area (Å²) in [6.07, 6.45) is 3.36. The third-order valence-electron chi connectivity index (χ3n) is 8.49. The van der Waals surface area contributed by atoms with Crippen LogP contribution in [-0.4, -0.2) is 32.8 Å². The third-order valence-corrected chi connectivity index (χ3v) is 8.49. The van der Waals surface area contributed by atoms with Crippen molar-refractivity contribution < 1.29 is 19.4 Å². The molecule has 0 unspecified atom stereocenters. The van der Waals surface area contributed by atoms with Gasteiger partial charge in [0.1, 0.15) is 5.75 Å². The number of nitrogens with zero attached hydrogens (tertiary/aromatic N) is 2. The Morgan fingerprint density at radius 3 is 2.67 bits per heavy atom. The molecule has 3 aromatic carbocycles. The summed E-state index contributed by atoms with van der Waals surface area (Å²) in [6, 6.07) is 19.4. The predicted molar refractivity (Wildman–Crippen MR) is 179 cm³/mol. The number of aryl methyl sites for hydroxylation is 1. The molecule has 0 spiro atoms. The van der Waals surface area contributed by atoms with E-state index in [4.69, 9.17) is 14.5 Å². The molecule has 1 aliphatic heterocycles. The Morgan fingerprint density at radius 2 is 1.93 bits per heavy atom. The van der Waals surface area contributed by atoms with Gasteiger partial charge in [-0.25, -0.2) is 4.79 Å². The molecule has 1 aliphatic rings. The van der Waals surface area contributed by atoms with Gasteiger partial charge in [0.25, 0.3) is 5.56 Å². The molecule has 45 heavy (non-hydrogen) atoms. The molecule has 0 radical (unpaired) electrons. The van der Waals surface area contributed by atoms with Gasteiger partial charge in [0, 0.05) is 40.6 Å². The number of carbonyl (C=O) groups is 1. The van der Waals surface area contributed by atoms with Crippen LogP contribution >= 0.6 is 0 Å². The molecule has 1 atom stereocenters. The summed E-state index contributed by atoms with van der Waals surface area (Å²) < 4.78 is 14.0. The Hall–Kier alpha value is -4.75. The minimum atomic E-state index is -1.26. The number of ether oxygens (including phenoxy) is 2. The van der Waals surface area contributed by atoms with Crippen molar-refractivity contribution in [2.24, 2.45) is 0 Å². The van der Waals surface area contributed by atoms with E-state index in [0.29, 0.717) is 35.4 Å². The summed E-state index contributed by atoms with van der Waals surface area (Å²) in [7, 11) is 0. The van der Waals surface area contributed by atoms with Gasteiger partial charge in [0.15, 0.2) is 6.10 Å². The SMILES string of the molecule is C/C=C(/C)c1cccc(Cn2c(=O)ccc3c(-c4ccc5c6c(ccnc46)CCO5)c([C@H](OC(C)(C)C)C(=O)O)c(C)cc32)c1. The lowest BCUT2D eigenvalue weighted by molar-refractivity contribution is -0.160. The number of allylic oxidation sites excluding steroid dienone is 2. The lowest BCUT2D eigenvalue weighted by Gasteiger charge is -2.29. The van der Waals surface area contributed by atoms with Crippen LogP contribution in [0.4, 0.5) is 0 Å². The molecule has 1 N–H and O–H groups in total. The van der Waals surface area contributed by atoms with Gasteiger partial charge in [-0.2, -0.15) is 0 Å². The summed E-state index contributed by atoms with van der Waals surface area (Å²) >= 11 is 0. The number of carboxylic acid groups (broad SMARTS) is 1. The van der Waals surface area contributed by atoms with Gasteiger partial charge in [-0.05, 0) is 111 Å². The molecule has 6 rings (SSSR count). The number of fused-ring (bicyclic) bond motifs is 1. The minimum Gasteiger partial charge on any atom is -0.493 e. The molecule has 0 bridgehead atoms. The number of aromatic nitrogens is 2. The summed E-state index contributed by atoms with van der Waals surface area (Å²) in [5.41, 5.74) is 7.66. The highest BCUT2D eigenvalue weighted by molar-refractivity contribution is 6.08. The Morgan fingerprint density at radius 1 is 1.13 bits per heavy atom. The van der Waals surface area contributed by atoms with E-state index in [-0.39, 0.29) is 5.56 Å². The van der Waals surface area contributed by atoms with Crippen molar-refractivity contribution in [2.75, 3.05) is 6.61 Å². The maximum Gasteiger partial charge on any atom is 0.337 e. The van der Waals surface area contributed by atoms with Gasteiger partial charge in [0.2, 0.25) is 0 Å². The van der Waals surface area contributed by atoms with Gasteiger partial charge >= 0.3 is 5.97 Å². The first-order chi connectivity index (χ1) is 21.5. The van der Waals surface area contributed by atoms with E-state index < -0.39 is 17.7 Å². The van der Waals surface area contributed by atoms with E-state index >= 15 is 0 Å². The first-order valence-electron chi connectivity index (χ1n) is 15.3. The van der Waals surface area contributed by atoms with Crippen molar-refractivity contribution in [3.05, 3.63) is 111 Å². The van der Waals surface area contributed by atoms with Crippen LogP contribution in [0.25, 0.3) is 38.5 Å². The van der Waals surface area contributed by atoms with Crippen LogP contribution in [0.15, 0.2) is 77.7 Å². The maximum absolute atomic E-state index is 13.5. The normalized spacial score (nSPS) is 14.0. The Labute approximate surface area is 262 Å². The summed E-state index contributed by atoms with van der Waals surface area (Å²) in [5, 5.41) is 12.2. The smallest absolute Gasteiger partial charge is 0.337 e. The molecule has 2 aromatic heterocycles.